The van der Waals surface area contributed by atoms with Crippen molar-refractivity contribution in [2.45, 2.75) is 19.3 Å². The quantitative estimate of drug-likeness (QED) is 0.794. The third kappa shape index (κ3) is 1.58. The van der Waals surface area contributed by atoms with Crippen molar-refractivity contribution in [3.8, 4) is 22.6 Å². The van der Waals surface area contributed by atoms with Gasteiger partial charge in [-0.05, 0) is 48.6 Å². The van der Waals surface area contributed by atoms with Crippen molar-refractivity contribution in [2.75, 3.05) is 12.5 Å². The highest BCUT2D eigenvalue weighted by Gasteiger charge is 2.22. The maximum absolute atomic E-state index is 6.22. The lowest BCUT2D eigenvalue weighted by Crippen LogP contribution is -2.11. The highest BCUT2D eigenvalue weighted by molar-refractivity contribution is 5.85. The molecule has 2 N–H and O–H groups in total. The molecule has 0 radical (unpaired) electrons. The fourth-order valence-electron chi connectivity index (χ4n) is 3.08. The van der Waals surface area contributed by atoms with Crippen LogP contribution in [0.2, 0.25) is 0 Å². The molecule has 2 bridgehead atoms. The number of fused-ring (bicyclic) bond motifs is 3. The van der Waals surface area contributed by atoms with Crippen molar-refractivity contribution >= 4 is 5.69 Å². The summed E-state index contributed by atoms with van der Waals surface area (Å²) in [5.74, 6) is 1.73. The van der Waals surface area contributed by atoms with E-state index < -0.39 is 0 Å². The van der Waals surface area contributed by atoms with Crippen LogP contribution in [0.1, 0.15) is 17.5 Å². The molecule has 1 heterocycles. The van der Waals surface area contributed by atoms with Crippen LogP contribution in [0, 0.1) is 0 Å². The van der Waals surface area contributed by atoms with Crippen LogP contribution in [-0.4, -0.2) is 6.79 Å². The zero-order valence-corrected chi connectivity index (χ0v) is 10.6. The molecule has 2 aromatic carbocycles. The summed E-state index contributed by atoms with van der Waals surface area (Å²) < 4.78 is 10.9. The Kier molecular flexibility index (Phi) is 2.21. The Balaban J connectivity index is 1.96. The van der Waals surface area contributed by atoms with E-state index in [9.17, 15) is 0 Å². The van der Waals surface area contributed by atoms with Crippen LogP contribution in [-0.2, 0) is 12.8 Å². The Morgan fingerprint density at radius 1 is 1.00 bits per heavy atom. The third-order valence-corrected chi connectivity index (χ3v) is 3.98. The number of hydrogen-bond acceptors (Lipinski definition) is 3. The minimum Gasteiger partial charge on any atom is -0.457 e. The monoisotopic (exact) mass is 253 g/mol. The highest BCUT2D eigenvalue weighted by Crippen LogP contribution is 2.43. The predicted molar refractivity (Wildman–Crippen MR) is 74.4 cm³/mol. The van der Waals surface area contributed by atoms with E-state index in [1.165, 1.54) is 17.5 Å². The molecule has 0 spiro atoms. The topological polar surface area (TPSA) is 44.5 Å². The van der Waals surface area contributed by atoms with Crippen LogP contribution >= 0.6 is 0 Å². The summed E-state index contributed by atoms with van der Waals surface area (Å²) >= 11 is 0. The molecule has 1 aliphatic heterocycles. The van der Waals surface area contributed by atoms with Gasteiger partial charge in [0.15, 0.2) is 0 Å². The van der Waals surface area contributed by atoms with Gasteiger partial charge in [0.1, 0.15) is 11.5 Å². The fraction of sp³-hybridized carbons (Fsp3) is 0.250. The Morgan fingerprint density at radius 3 is 2.89 bits per heavy atom. The zero-order valence-electron chi connectivity index (χ0n) is 10.6. The van der Waals surface area contributed by atoms with Crippen LogP contribution in [0.15, 0.2) is 30.3 Å². The zero-order chi connectivity index (χ0) is 12.8. The van der Waals surface area contributed by atoms with Gasteiger partial charge in [0.2, 0.25) is 6.79 Å². The van der Waals surface area contributed by atoms with Crippen molar-refractivity contribution in [3.05, 3.63) is 41.5 Å². The minimum atomic E-state index is 0.282. The summed E-state index contributed by atoms with van der Waals surface area (Å²) in [6, 6.07) is 10.1. The van der Waals surface area contributed by atoms with Gasteiger partial charge in [-0.2, -0.15) is 0 Å². The van der Waals surface area contributed by atoms with E-state index in [0.29, 0.717) is 0 Å². The van der Waals surface area contributed by atoms with Crippen LogP contribution in [0.4, 0.5) is 5.69 Å². The van der Waals surface area contributed by atoms with Gasteiger partial charge in [0.25, 0.3) is 0 Å². The molecule has 3 nitrogen and oxygen atoms in total. The second kappa shape index (κ2) is 3.92. The number of aryl methyl sites for hydroxylation is 1. The van der Waals surface area contributed by atoms with Crippen LogP contribution in [0.25, 0.3) is 11.1 Å². The molecule has 0 aromatic heterocycles. The van der Waals surface area contributed by atoms with Crippen molar-refractivity contribution < 1.29 is 9.47 Å². The Morgan fingerprint density at radius 2 is 1.95 bits per heavy atom. The molecule has 0 fully saturated rings. The van der Waals surface area contributed by atoms with Crippen molar-refractivity contribution in [1.82, 2.24) is 0 Å². The Labute approximate surface area is 112 Å². The van der Waals surface area contributed by atoms with Crippen molar-refractivity contribution in [3.63, 3.8) is 0 Å². The van der Waals surface area contributed by atoms with E-state index >= 15 is 0 Å². The summed E-state index contributed by atoms with van der Waals surface area (Å²) in [6.07, 6.45) is 3.47. The summed E-state index contributed by atoms with van der Waals surface area (Å²) in [4.78, 5) is 0. The molecule has 0 saturated heterocycles. The van der Waals surface area contributed by atoms with Gasteiger partial charge in [-0.15, -0.1) is 0 Å². The number of rotatable bonds is 1. The summed E-state index contributed by atoms with van der Waals surface area (Å²) in [5, 5.41) is 0. The molecule has 2 aromatic rings. The first-order valence-electron chi connectivity index (χ1n) is 6.63. The van der Waals surface area contributed by atoms with E-state index in [4.69, 9.17) is 15.2 Å². The van der Waals surface area contributed by atoms with Gasteiger partial charge in [-0.1, -0.05) is 6.07 Å². The lowest BCUT2D eigenvalue weighted by atomic mass is 9.94. The molecule has 96 valence electrons. The van der Waals surface area contributed by atoms with E-state index in [1.807, 2.05) is 24.3 Å². The standard InChI is InChI=1S/C16H15NO2/c17-14-7-4-10-2-1-3-12(10)16(14)13-6-5-11-8-15(13)19-9-18-11/h4-8H,1-3,9,17H2. The number of hydrogen-bond donors (Lipinski definition) is 1. The Bertz CT molecular complexity index is 664. The summed E-state index contributed by atoms with van der Waals surface area (Å²) in [6.45, 7) is 0.282. The van der Waals surface area contributed by atoms with Gasteiger partial charge >= 0.3 is 0 Å². The van der Waals surface area contributed by atoms with E-state index in [0.717, 1.165) is 41.2 Å². The van der Waals surface area contributed by atoms with Crippen molar-refractivity contribution in [1.29, 1.82) is 0 Å². The van der Waals surface area contributed by atoms with Gasteiger partial charge in [0.05, 0.1) is 0 Å². The van der Waals surface area contributed by atoms with E-state index in [1.54, 1.807) is 0 Å². The molecule has 1 aliphatic carbocycles. The molecule has 0 atom stereocenters. The van der Waals surface area contributed by atoms with Crippen LogP contribution in [0.5, 0.6) is 11.5 Å². The highest BCUT2D eigenvalue weighted by atomic mass is 16.7. The van der Waals surface area contributed by atoms with E-state index in [-0.39, 0.29) is 6.79 Å². The molecular weight excluding hydrogens is 238 g/mol. The van der Waals surface area contributed by atoms with Crippen LogP contribution < -0.4 is 15.2 Å². The summed E-state index contributed by atoms with van der Waals surface area (Å²) in [7, 11) is 0. The number of nitrogen functional groups attached to an aromatic ring is 1. The van der Waals surface area contributed by atoms with Crippen LogP contribution in [0.3, 0.4) is 0 Å². The molecule has 0 saturated carbocycles. The van der Waals surface area contributed by atoms with Gasteiger partial charge < -0.3 is 15.2 Å². The normalized spacial score (nSPS) is 15.6. The first-order chi connectivity index (χ1) is 9.33. The molecule has 3 heteroatoms. The maximum atomic E-state index is 6.22. The molecule has 2 aliphatic rings. The number of ether oxygens (including phenoxy) is 2. The average Bonchev–Trinajstić information content (AvgIpc) is 2.89. The van der Waals surface area contributed by atoms with Gasteiger partial charge in [-0.3, -0.25) is 0 Å². The van der Waals surface area contributed by atoms with Gasteiger partial charge in [-0.25, -0.2) is 0 Å². The first-order valence-corrected chi connectivity index (χ1v) is 6.63. The Hall–Kier alpha value is -2.16. The maximum Gasteiger partial charge on any atom is 0.230 e. The third-order valence-electron chi connectivity index (χ3n) is 3.98. The van der Waals surface area contributed by atoms with E-state index in [2.05, 4.69) is 6.07 Å². The number of nitrogens with two attached hydrogens (primary N) is 1. The SMILES string of the molecule is Nc1ccc2c(c1-c1ccc3cc1OCO3)CCC2. The second-order valence-corrected chi connectivity index (χ2v) is 5.09. The summed E-state index contributed by atoms with van der Waals surface area (Å²) in [5.41, 5.74) is 12.1. The smallest absolute Gasteiger partial charge is 0.230 e. The second-order valence-electron chi connectivity index (χ2n) is 5.09. The van der Waals surface area contributed by atoms with Crippen molar-refractivity contribution in [2.24, 2.45) is 0 Å². The number of benzene rings is 2. The number of anilines is 1. The molecule has 4 rings (SSSR count). The predicted octanol–water partition coefficient (Wildman–Crippen LogP) is 3.15. The lowest BCUT2D eigenvalue weighted by molar-refractivity contribution is 0.106. The molecule has 0 unspecified atom stereocenters. The fourth-order valence-corrected chi connectivity index (χ4v) is 3.08. The minimum absolute atomic E-state index is 0.282. The van der Waals surface area contributed by atoms with Gasteiger partial charge in [0, 0.05) is 22.9 Å². The first kappa shape index (κ1) is 10.7. The molecular formula is C16H15NO2. The lowest BCUT2D eigenvalue weighted by Gasteiger charge is -2.21. The molecule has 19 heavy (non-hydrogen) atoms. The average molecular weight is 253 g/mol. The molecule has 0 amide bonds. The largest absolute Gasteiger partial charge is 0.457 e.